The maximum atomic E-state index is 5.79. The van der Waals surface area contributed by atoms with Gasteiger partial charge in [0.2, 0.25) is 0 Å². The van der Waals surface area contributed by atoms with Gasteiger partial charge in [-0.25, -0.2) is 9.13 Å². The summed E-state index contributed by atoms with van der Waals surface area (Å²) in [6, 6.07) is 16.2. The normalized spacial score (nSPS) is 11.7. The molecule has 2 aromatic carbocycles. The van der Waals surface area contributed by atoms with Crippen LogP contribution in [-0.4, -0.2) is 53.6 Å². The van der Waals surface area contributed by atoms with Crippen LogP contribution in [-0.2, 0) is 33.4 Å². The summed E-state index contributed by atoms with van der Waals surface area (Å²) in [6.07, 6.45) is 4.04. The molecule has 0 unspecified atom stereocenters. The predicted octanol–water partition coefficient (Wildman–Crippen LogP) is 9.62. The van der Waals surface area contributed by atoms with E-state index in [-0.39, 0.29) is 0 Å². The number of halogens is 4. The molecule has 0 aliphatic carbocycles. The Labute approximate surface area is 304 Å². The summed E-state index contributed by atoms with van der Waals surface area (Å²) in [7, 11) is 20.9. The number of azo groups is 2. The number of aryl methyl sites for hydroxylation is 2. The Hall–Kier alpha value is -1.80. The van der Waals surface area contributed by atoms with Gasteiger partial charge in [0.25, 0.3) is 0 Å². The van der Waals surface area contributed by atoms with Crippen LogP contribution in [0, 0.1) is 0 Å². The molecule has 254 valence electrons. The fraction of sp³-hybridized carbons (Fsp3) is 0.400. The van der Waals surface area contributed by atoms with Crippen LogP contribution >= 0.6 is 61.4 Å². The fourth-order valence-corrected chi connectivity index (χ4v) is 5.45. The summed E-state index contributed by atoms with van der Waals surface area (Å²) >= 11 is 3.17. The standard InChI is InChI=1S/C30H40N8O2S2.4ClH.Zn/c1-5-37-17-23-41-29(37)33-31-25-7-11-27(12-8-25)35(3)15-19-39-21-22-40-20-16-36(4)28-13-9-26(10-14-28)32-34-30-38(6-2)18-24-42-30;;;;;/h7-14,17-18,23-24H,5-6,15-16,19-22H2,1-4H3;4*1H;/q+2;;;;;+2/p-4. The molecule has 2 aromatic heterocycles. The Kier molecular flexibility index (Phi) is 18.0. The quantitative estimate of drug-likeness (QED) is 0.0460. The van der Waals surface area contributed by atoms with E-state index in [1.54, 1.807) is 22.7 Å². The molecule has 0 saturated carbocycles. The average molecular weight is 816 g/mol. The van der Waals surface area contributed by atoms with E-state index < -0.39 is 10.8 Å². The number of benzene rings is 2. The zero-order chi connectivity index (χ0) is 34.1. The number of thiazole rings is 2. The molecule has 0 fully saturated rings. The second kappa shape index (κ2) is 21.3. The molecule has 0 aliphatic heterocycles. The number of hydrogen-bond acceptors (Lipinski definition) is 10. The molecule has 0 bridgehead atoms. The van der Waals surface area contributed by atoms with Crippen molar-refractivity contribution in [3.8, 4) is 0 Å². The van der Waals surface area contributed by atoms with Crippen molar-refractivity contribution in [2.75, 3.05) is 63.4 Å². The van der Waals surface area contributed by atoms with Crippen LogP contribution in [0.15, 0.2) is 92.1 Å². The molecule has 0 radical (unpaired) electrons. The van der Waals surface area contributed by atoms with Crippen molar-refractivity contribution in [3.63, 3.8) is 0 Å². The van der Waals surface area contributed by atoms with Crippen molar-refractivity contribution in [3.05, 3.63) is 71.7 Å². The predicted molar refractivity (Wildman–Crippen MR) is 193 cm³/mol. The van der Waals surface area contributed by atoms with Gasteiger partial charge in [0.15, 0.2) is 0 Å². The first-order valence-corrected chi connectivity index (χ1v) is 32.5. The molecule has 10 nitrogen and oxygen atoms in total. The number of rotatable bonds is 17. The molecule has 47 heavy (non-hydrogen) atoms. The van der Waals surface area contributed by atoms with E-state index >= 15 is 0 Å². The first-order chi connectivity index (χ1) is 22.6. The Morgan fingerprint density at radius 1 is 0.617 bits per heavy atom. The molecular weight excluding hydrogens is 776 g/mol. The molecule has 2 heterocycles. The van der Waals surface area contributed by atoms with E-state index in [4.69, 9.17) is 48.2 Å². The van der Waals surface area contributed by atoms with Gasteiger partial charge in [-0.15, -0.1) is 0 Å². The van der Waals surface area contributed by atoms with Gasteiger partial charge in [0.05, 0.1) is 49.7 Å². The van der Waals surface area contributed by atoms with Crippen molar-refractivity contribution >= 4 is 94.5 Å². The summed E-state index contributed by atoms with van der Waals surface area (Å²) in [5, 5.41) is 23.3. The van der Waals surface area contributed by atoms with Gasteiger partial charge in [-0.05, 0) is 95.3 Å². The van der Waals surface area contributed by atoms with Gasteiger partial charge in [-0.1, -0.05) is 0 Å². The van der Waals surface area contributed by atoms with Gasteiger partial charge in [0.1, 0.15) is 23.8 Å². The summed E-state index contributed by atoms with van der Waals surface area (Å²) < 4.78 is 15.7. The van der Waals surface area contributed by atoms with E-state index in [2.05, 4.69) is 91.6 Å². The summed E-state index contributed by atoms with van der Waals surface area (Å²) in [5.41, 5.74) is 3.89. The van der Waals surface area contributed by atoms with Crippen LogP contribution in [0.4, 0.5) is 33.0 Å². The average Bonchev–Trinajstić information content (AvgIpc) is 3.72. The van der Waals surface area contributed by atoms with Crippen molar-refractivity contribution in [2.45, 2.75) is 26.9 Å². The van der Waals surface area contributed by atoms with E-state index in [9.17, 15) is 0 Å². The molecule has 17 heteroatoms. The third kappa shape index (κ3) is 15.5. The molecule has 0 spiro atoms. The zero-order valence-corrected chi connectivity index (χ0v) is 34.6. The SMILES string of the molecule is CC[n+]1ccsc1N=Nc1ccc(N(C)CCOCCOCCN(C)c2ccc(N=Nc3scc[n+]3CC)cc2)cc1.[Cl][Zn-2]([Cl])([Cl])[Cl]. The van der Waals surface area contributed by atoms with Crippen molar-refractivity contribution in [1.82, 2.24) is 0 Å². The fourth-order valence-electron chi connectivity index (χ4n) is 3.97. The second-order valence-corrected chi connectivity index (χ2v) is 39.5. The van der Waals surface area contributed by atoms with Crippen LogP contribution < -0.4 is 18.9 Å². The van der Waals surface area contributed by atoms with Crippen LogP contribution in [0.2, 0.25) is 0 Å². The Balaban J connectivity index is 0.00000111. The van der Waals surface area contributed by atoms with Gasteiger partial charge >= 0.3 is 59.8 Å². The molecule has 4 aromatic rings. The number of ether oxygens (including phenoxy) is 2. The van der Waals surface area contributed by atoms with Crippen LogP contribution in [0.5, 0.6) is 0 Å². The van der Waals surface area contributed by atoms with Crippen molar-refractivity contribution in [1.29, 1.82) is 0 Å². The molecular formula is C30H40Cl4N8O2S2Zn. The van der Waals surface area contributed by atoms with Crippen molar-refractivity contribution < 1.29 is 29.4 Å². The third-order valence-electron chi connectivity index (χ3n) is 6.60. The Bertz CT molecular complexity index is 1410. The summed E-state index contributed by atoms with van der Waals surface area (Å²) in [6.45, 7) is 9.93. The molecule has 4 rings (SSSR count). The van der Waals surface area contributed by atoms with Gasteiger partial charge in [-0.3, -0.25) is 0 Å². The van der Waals surface area contributed by atoms with E-state index in [0.29, 0.717) is 26.4 Å². The monoisotopic (exact) mass is 812 g/mol. The van der Waals surface area contributed by atoms with Gasteiger partial charge in [0, 0.05) is 49.3 Å². The number of anilines is 2. The second-order valence-electron chi connectivity index (χ2n) is 10.0. The number of hydrogen-bond donors (Lipinski definition) is 0. The first kappa shape index (κ1) is 39.6. The Morgan fingerprint density at radius 2 is 0.979 bits per heavy atom. The Morgan fingerprint density at radius 3 is 1.32 bits per heavy atom. The topological polar surface area (TPSA) is 82.1 Å². The van der Waals surface area contributed by atoms with E-state index in [1.165, 1.54) is 0 Å². The van der Waals surface area contributed by atoms with E-state index in [0.717, 1.165) is 59.2 Å². The molecule has 0 atom stereocenters. The number of likely N-dealkylation sites (N-methyl/N-ethyl adjacent to an activating group) is 2. The summed E-state index contributed by atoms with van der Waals surface area (Å²) in [5.74, 6) is 0. The molecule has 0 saturated heterocycles. The first-order valence-electron chi connectivity index (χ1n) is 15.2. The minimum atomic E-state index is -3.36. The molecule has 0 N–H and O–H groups in total. The number of aromatic nitrogens is 2. The molecule has 0 amide bonds. The van der Waals surface area contributed by atoms with Crippen LogP contribution in [0.3, 0.4) is 0 Å². The van der Waals surface area contributed by atoms with Gasteiger partial charge < -0.3 is 19.3 Å². The minimum absolute atomic E-state index is 0.569. The van der Waals surface area contributed by atoms with Crippen LogP contribution in [0.25, 0.3) is 0 Å². The zero-order valence-electron chi connectivity index (χ0n) is 27.0. The van der Waals surface area contributed by atoms with Gasteiger partial charge in [-0.2, -0.15) is 0 Å². The summed E-state index contributed by atoms with van der Waals surface area (Å²) in [4.78, 5) is 4.33. The van der Waals surface area contributed by atoms with Crippen LogP contribution in [0.1, 0.15) is 13.8 Å². The van der Waals surface area contributed by atoms with E-state index in [1.807, 2.05) is 47.4 Å². The third-order valence-corrected chi connectivity index (χ3v) is 8.17. The molecule has 0 aliphatic rings. The maximum absolute atomic E-state index is 5.79. The number of nitrogens with zero attached hydrogens (tertiary/aromatic N) is 8. The van der Waals surface area contributed by atoms with Crippen molar-refractivity contribution in [2.24, 2.45) is 20.5 Å².